The lowest BCUT2D eigenvalue weighted by molar-refractivity contribution is -0.140. The summed E-state index contributed by atoms with van der Waals surface area (Å²) in [5.41, 5.74) is 0.702. The molecule has 0 spiro atoms. The number of aliphatic hydroxyl groups is 1. The van der Waals surface area contributed by atoms with E-state index in [4.69, 9.17) is 9.16 Å². The van der Waals surface area contributed by atoms with Crippen LogP contribution < -0.4 is 0 Å². The van der Waals surface area contributed by atoms with Crippen LogP contribution in [0.3, 0.4) is 0 Å². The van der Waals surface area contributed by atoms with Crippen molar-refractivity contribution in [3.05, 3.63) is 12.3 Å². The van der Waals surface area contributed by atoms with Crippen molar-refractivity contribution < 1.29 is 19.1 Å². The summed E-state index contributed by atoms with van der Waals surface area (Å²) >= 11 is 0. The Bertz CT molecular complexity index is 352. The predicted octanol–water partition coefficient (Wildman–Crippen LogP) is 2.85. The Morgan fingerprint density at radius 3 is 2.33 bits per heavy atom. The smallest absolute Gasteiger partial charge is 0.210 e. The van der Waals surface area contributed by atoms with Gasteiger partial charge in [0.15, 0.2) is 5.78 Å². The first kappa shape index (κ1) is 18.6. The Kier molecular flexibility index (Phi) is 6.78. The molecule has 0 aromatic carbocycles. The van der Waals surface area contributed by atoms with Crippen LogP contribution in [-0.4, -0.2) is 44.1 Å². The maximum Gasteiger partial charge on any atom is 0.210 e. The number of carbonyl (C=O) groups is 1. The minimum atomic E-state index is -1.70. The molecular formula is C16H30O4Si. The van der Waals surface area contributed by atoms with Gasteiger partial charge in [0.05, 0.1) is 19.3 Å². The Morgan fingerprint density at radius 2 is 1.86 bits per heavy atom. The van der Waals surface area contributed by atoms with Crippen LogP contribution in [0.4, 0.5) is 0 Å². The quantitative estimate of drug-likeness (QED) is 0.553. The van der Waals surface area contributed by atoms with Gasteiger partial charge in [-0.25, -0.2) is 0 Å². The molecule has 0 amide bonds. The fraction of sp³-hybridized carbons (Fsp3) is 0.812. The van der Waals surface area contributed by atoms with Crippen LogP contribution in [0.5, 0.6) is 0 Å². The van der Waals surface area contributed by atoms with Crippen molar-refractivity contribution in [2.24, 2.45) is 5.92 Å². The zero-order valence-corrected chi connectivity index (χ0v) is 14.9. The van der Waals surface area contributed by atoms with E-state index in [9.17, 15) is 9.90 Å². The van der Waals surface area contributed by atoms with Crippen LogP contribution in [0, 0.1) is 5.92 Å². The first-order valence-corrected chi connectivity index (χ1v) is 10.8. The van der Waals surface area contributed by atoms with E-state index in [-0.39, 0.29) is 17.8 Å². The number of carbonyl (C=O) groups excluding carboxylic acids is 1. The third-order valence-electron chi connectivity index (χ3n) is 4.05. The predicted molar refractivity (Wildman–Crippen MR) is 86.6 cm³/mol. The summed E-state index contributed by atoms with van der Waals surface area (Å²) in [6.07, 6.45) is 3.60. The molecule has 1 rings (SSSR count). The maximum atomic E-state index is 12.0. The highest BCUT2D eigenvalue weighted by Gasteiger charge is 2.34. The van der Waals surface area contributed by atoms with Gasteiger partial charge in [-0.05, 0) is 52.6 Å². The van der Waals surface area contributed by atoms with Crippen LogP contribution >= 0.6 is 0 Å². The minimum absolute atomic E-state index is 0.0202. The van der Waals surface area contributed by atoms with Crippen molar-refractivity contribution in [2.75, 3.05) is 13.2 Å². The van der Waals surface area contributed by atoms with Crippen molar-refractivity contribution in [3.8, 4) is 0 Å². The monoisotopic (exact) mass is 314 g/mol. The molecule has 1 aliphatic carbocycles. The molecule has 1 aliphatic rings. The lowest BCUT2D eigenvalue weighted by Gasteiger charge is -2.31. The van der Waals surface area contributed by atoms with E-state index in [2.05, 4.69) is 19.7 Å². The maximum absolute atomic E-state index is 12.0. The zero-order chi connectivity index (χ0) is 16.1. The molecule has 0 radical (unpaired) electrons. The van der Waals surface area contributed by atoms with Crippen molar-refractivity contribution >= 4 is 14.1 Å². The van der Waals surface area contributed by atoms with Gasteiger partial charge in [-0.2, -0.15) is 0 Å². The molecule has 5 heteroatoms. The second-order valence-corrected chi connectivity index (χ2v) is 10.8. The van der Waals surface area contributed by atoms with E-state index in [0.717, 1.165) is 25.7 Å². The van der Waals surface area contributed by atoms with Crippen molar-refractivity contribution in [1.29, 1.82) is 0 Å². The van der Waals surface area contributed by atoms with Crippen LogP contribution in [0.1, 0.15) is 39.5 Å². The normalized spacial score (nSPS) is 23.9. The Labute approximate surface area is 129 Å². The first-order valence-electron chi connectivity index (χ1n) is 7.81. The van der Waals surface area contributed by atoms with Gasteiger partial charge in [0.25, 0.3) is 0 Å². The molecule has 0 aromatic rings. The van der Waals surface area contributed by atoms with E-state index in [1.807, 2.05) is 5.70 Å². The Hall–Kier alpha value is -0.493. The largest absolute Gasteiger partial charge is 0.411 e. The molecule has 21 heavy (non-hydrogen) atoms. The second kappa shape index (κ2) is 7.67. The van der Waals surface area contributed by atoms with Crippen LogP contribution in [0.25, 0.3) is 0 Å². The number of rotatable bonds is 8. The summed E-state index contributed by atoms with van der Waals surface area (Å²) in [4.78, 5) is 12.0. The third kappa shape index (κ3) is 6.42. The molecule has 122 valence electrons. The molecule has 0 aliphatic heterocycles. The number of hydrogen-bond donors (Lipinski definition) is 1. The fourth-order valence-electron chi connectivity index (χ4n) is 2.57. The molecule has 1 fully saturated rings. The van der Waals surface area contributed by atoms with E-state index in [1.165, 1.54) is 0 Å². The SMILES string of the molecule is C=C[Si](C)(C)OCCOC1CCC(C(=O)C(C)(C)O)CC1. The highest BCUT2D eigenvalue weighted by Crippen LogP contribution is 2.29. The minimum Gasteiger partial charge on any atom is -0.411 e. The number of ketones is 1. The third-order valence-corrected chi connectivity index (χ3v) is 5.98. The lowest BCUT2D eigenvalue weighted by atomic mass is 9.80. The van der Waals surface area contributed by atoms with Crippen LogP contribution in [0.15, 0.2) is 12.3 Å². The zero-order valence-electron chi connectivity index (χ0n) is 13.9. The molecule has 0 aromatic heterocycles. The molecule has 0 saturated heterocycles. The second-order valence-electron chi connectivity index (χ2n) is 6.92. The Balaban J connectivity index is 2.22. The molecule has 1 N–H and O–H groups in total. The summed E-state index contributed by atoms with van der Waals surface area (Å²) in [7, 11) is -1.70. The number of hydrogen-bond acceptors (Lipinski definition) is 4. The van der Waals surface area contributed by atoms with Gasteiger partial charge in [0.2, 0.25) is 8.32 Å². The molecular weight excluding hydrogens is 284 g/mol. The average Bonchev–Trinajstić information content (AvgIpc) is 2.42. The molecule has 0 unspecified atom stereocenters. The summed E-state index contributed by atoms with van der Waals surface area (Å²) < 4.78 is 11.6. The molecule has 0 atom stereocenters. The van der Waals surface area contributed by atoms with Gasteiger partial charge in [-0.3, -0.25) is 4.79 Å². The molecule has 1 saturated carbocycles. The summed E-state index contributed by atoms with van der Waals surface area (Å²) in [6, 6.07) is 0. The standard InChI is InChI=1S/C16H30O4Si/c1-6-21(4,5)20-12-11-19-14-9-7-13(8-10-14)15(17)16(2,3)18/h6,13-14,18H,1,7-12H2,2-5H3. The van der Waals surface area contributed by atoms with E-state index in [0.29, 0.717) is 13.2 Å². The van der Waals surface area contributed by atoms with Gasteiger partial charge in [0, 0.05) is 5.92 Å². The van der Waals surface area contributed by atoms with Crippen molar-refractivity contribution in [3.63, 3.8) is 0 Å². The van der Waals surface area contributed by atoms with Gasteiger partial charge in [0.1, 0.15) is 5.60 Å². The number of Topliss-reactive ketones (excluding diaryl/α,β-unsaturated/α-hetero) is 1. The molecule has 0 heterocycles. The highest BCUT2D eigenvalue weighted by atomic mass is 28.4. The summed E-state index contributed by atoms with van der Waals surface area (Å²) in [6.45, 7) is 12.3. The first-order chi connectivity index (χ1) is 9.65. The van der Waals surface area contributed by atoms with Crippen LogP contribution in [0.2, 0.25) is 13.1 Å². The van der Waals surface area contributed by atoms with Gasteiger partial charge in [-0.15, -0.1) is 6.58 Å². The van der Waals surface area contributed by atoms with E-state index < -0.39 is 13.9 Å². The van der Waals surface area contributed by atoms with Gasteiger partial charge >= 0.3 is 0 Å². The summed E-state index contributed by atoms with van der Waals surface area (Å²) in [5.74, 6) is -0.0591. The molecule has 0 bridgehead atoms. The Morgan fingerprint density at radius 1 is 1.29 bits per heavy atom. The van der Waals surface area contributed by atoms with Crippen molar-refractivity contribution in [2.45, 2.75) is 64.3 Å². The topological polar surface area (TPSA) is 55.8 Å². The number of ether oxygens (including phenoxy) is 1. The van der Waals surface area contributed by atoms with E-state index in [1.54, 1.807) is 13.8 Å². The summed E-state index contributed by atoms with van der Waals surface area (Å²) in [5, 5.41) is 9.78. The van der Waals surface area contributed by atoms with Crippen LogP contribution in [-0.2, 0) is 14.0 Å². The molecule has 4 nitrogen and oxygen atoms in total. The van der Waals surface area contributed by atoms with Crippen molar-refractivity contribution in [1.82, 2.24) is 0 Å². The fourth-order valence-corrected chi connectivity index (χ4v) is 3.30. The highest BCUT2D eigenvalue weighted by molar-refractivity contribution is 6.76. The van der Waals surface area contributed by atoms with Gasteiger partial charge in [-0.1, -0.05) is 5.70 Å². The lowest BCUT2D eigenvalue weighted by Crippen LogP contribution is -2.39. The average molecular weight is 314 g/mol. The van der Waals surface area contributed by atoms with E-state index >= 15 is 0 Å². The van der Waals surface area contributed by atoms with Gasteiger partial charge < -0.3 is 14.3 Å².